The highest BCUT2D eigenvalue weighted by atomic mass is 79.9. The standard InChI is InChI=1S/C12H15BrN2O4/c13-10-4-2-1-3-9(10)12(19)14-5-11(18)15-8(6-16)7-17/h1-4,8,16-17H,5-7H2,(H,14,19)(H,15,18). The maximum atomic E-state index is 11.8. The van der Waals surface area contributed by atoms with Crippen LogP contribution in [0.3, 0.4) is 0 Å². The molecule has 104 valence electrons. The second kappa shape index (κ2) is 7.88. The van der Waals surface area contributed by atoms with Gasteiger partial charge in [0.05, 0.1) is 31.4 Å². The van der Waals surface area contributed by atoms with Crippen LogP contribution in [0, 0.1) is 0 Å². The van der Waals surface area contributed by atoms with Crippen LogP contribution in [0.5, 0.6) is 0 Å². The molecule has 1 aromatic carbocycles. The molecular weight excluding hydrogens is 316 g/mol. The molecule has 0 atom stereocenters. The predicted octanol–water partition coefficient (Wildman–Crippen LogP) is -0.352. The zero-order valence-electron chi connectivity index (χ0n) is 10.1. The first-order valence-corrected chi connectivity index (χ1v) is 6.41. The van der Waals surface area contributed by atoms with Gasteiger partial charge in [0.25, 0.3) is 5.91 Å². The van der Waals surface area contributed by atoms with Crippen molar-refractivity contribution in [3.8, 4) is 0 Å². The average Bonchev–Trinajstić information content (AvgIpc) is 2.42. The van der Waals surface area contributed by atoms with E-state index in [1.54, 1.807) is 24.3 Å². The fourth-order valence-corrected chi connectivity index (χ4v) is 1.79. The Kier molecular flexibility index (Phi) is 6.48. The highest BCUT2D eigenvalue weighted by Gasteiger charge is 2.13. The molecule has 0 aliphatic carbocycles. The topological polar surface area (TPSA) is 98.7 Å². The quantitative estimate of drug-likeness (QED) is 0.573. The van der Waals surface area contributed by atoms with Crippen molar-refractivity contribution in [2.24, 2.45) is 0 Å². The summed E-state index contributed by atoms with van der Waals surface area (Å²) in [6, 6.07) is 6.13. The highest BCUT2D eigenvalue weighted by molar-refractivity contribution is 9.10. The van der Waals surface area contributed by atoms with Gasteiger partial charge in [-0.2, -0.15) is 0 Å². The SMILES string of the molecule is O=C(CNC(=O)c1ccccc1Br)NC(CO)CO. The third-order valence-corrected chi connectivity index (χ3v) is 3.03. The van der Waals surface area contributed by atoms with Crippen molar-refractivity contribution in [1.82, 2.24) is 10.6 Å². The molecular formula is C12H15BrN2O4. The molecule has 0 aliphatic heterocycles. The largest absolute Gasteiger partial charge is 0.394 e. The molecule has 7 heteroatoms. The molecule has 0 aromatic heterocycles. The van der Waals surface area contributed by atoms with Crippen LogP contribution in [0.2, 0.25) is 0 Å². The third-order valence-electron chi connectivity index (χ3n) is 2.33. The Morgan fingerprint density at radius 1 is 1.21 bits per heavy atom. The average molecular weight is 331 g/mol. The van der Waals surface area contributed by atoms with E-state index in [2.05, 4.69) is 26.6 Å². The number of amides is 2. The number of aliphatic hydroxyl groups excluding tert-OH is 2. The summed E-state index contributed by atoms with van der Waals surface area (Å²) in [4.78, 5) is 23.2. The first-order valence-electron chi connectivity index (χ1n) is 5.62. The van der Waals surface area contributed by atoms with E-state index >= 15 is 0 Å². The van der Waals surface area contributed by atoms with Gasteiger partial charge in [0.1, 0.15) is 0 Å². The maximum Gasteiger partial charge on any atom is 0.252 e. The summed E-state index contributed by atoms with van der Waals surface area (Å²) in [7, 11) is 0. The monoisotopic (exact) mass is 330 g/mol. The number of carbonyl (C=O) groups excluding carboxylic acids is 2. The molecule has 0 spiro atoms. The van der Waals surface area contributed by atoms with E-state index in [4.69, 9.17) is 10.2 Å². The lowest BCUT2D eigenvalue weighted by Crippen LogP contribution is -2.45. The minimum atomic E-state index is -0.715. The van der Waals surface area contributed by atoms with E-state index in [1.165, 1.54) is 0 Å². The Balaban J connectivity index is 2.47. The Hall–Kier alpha value is -1.44. The van der Waals surface area contributed by atoms with Crippen molar-refractivity contribution in [1.29, 1.82) is 0 Å². The molecule has 19 heavy (non-hydrogen) atoms. The van der Waals surface area contributed by atoms with Gasteiger partial charge in [-0.1, -0.05) is 12.1 Å². The fraction of sp³-hybridized carbons (Fsp3) is 0.333. The molecule has 0 fully saturated rings. The van der Waals surface area contributed by atoms with E-state index in [0.29, 0.717) is 10.0 Å². The maximum absolute atomic E-state index is 11.8. The lowest BCUT2D eigenvalue weighted by molar-refractivity contribution is -0.121. The number of carbonyl (C=O) groups is 2. The van der Waals surface area contributed by atoms with E-state index < -0.39 is 11.9 Å². The van der Waals surface area contributed by atoms with Crippen molar-refractivity contribution < 1.29 is 19.8 Å². The lowest BCUT2D eigenvalue weighted by Gasteiger charge is -2.13. The first-order chi connectivity index (χ1) is 9.08. The molecule has 0 aliphatic rings. The number of halogens is 1. The summed E-state index contributed by atoms with van der Waals surface area (Å²) in [6.45, 7) is -0.947. The summed E-state index contributed by atoms with van der Waals surface area (Å²) >= 11 is 3.24. The summed E-state index contributed by atoms with van der Waals surface area (Å²) in [6.07, 6.45) is 0. The molecule has 0 saturated heterocycles. The van der Waals surface area contributed by atoms with Crippen LogP contribution in [0.1, 0.15) is 10.4 Å². The Morgan fingerprint density at radius 2 is 1.84 bits per heavy atom. The van der Waals surface area contributed by atoms with E-state index in [9.17, 15) is 9.59 Å². The number of hydrogen-bond acceptors (Lipinski definition) is 4. The number of rotatable bonds is 6. The number of hydrogen-bond donors (Lipinski definition) is 4. The van der Waals surface area contributed by atoms with Crippen LogP contribution in [0.15, 0.2) is 28.7 Å². The van der Waals surface area contributed by atoms with Gasteiger partial charge in [-0.15, -0.1) is 0 Å². The van der Waals surface area contributed by atoms with Gasteiger partial charge in [-0.3, -0.25) is 9.59 Å². The van der Waals surface area contributed by atoms with Gasteiger partial charge in [-0.25, -0.2) is 0 Å². The van der Waals surface area contributed by atoms with E-state index in [-0.39, 0.29) is 25.7 Å². The number of benzene rings is 1. The van der Waals surface area contributed by atoms with Gasteiger partial charge >= 0.3 is 0 Å². The van der Waals surface area contributed by atoms with Crippen LogP contribution in [-0.4, -0.2) is 47.8 Å². The summed E-state index contributed by atoms with van der Waals surface area (Å²) < 4.78 is 0.636. The third kappa shape index (κ3) is 4.98. The minimum absolute atomic E-state index is 0.226. The van der Waals surface area contributed by atoms with Gasteiger partial charge in [0.15, 0.2) is 0 Å². The molecule has 0 bridgehead atoms. The normalized spacial score (nSPS) is 10.3. The second-order valence-corrected chi connectivity index (χ2v) is 4.65. The zero-order valence-corrected chi connectivity index (χ0v) is 11.7. The molecule has 0 unspecified atom stereocenters. The van der Waals surface area contributed by atoms with Crippen LogP contribution in [0.25, 0.3) is 0 Å². The molecule has 1 rings (SSSR count). The smallest absolute Gasteiger partial charge is 0.252 e. The molecule has 6 nitrogen and oxygen atoms in total. The van der Waals surface area contributed by atoms with E-state index in [0.717, 1.165) is 0 Å². The highest BCUT2D eigenvalue weighted by Crippen LogP contribution is 2.15. The van der Waals surface area contributed by atoms with Crippen LogP contribution in [-0.2, 0) is 4.79 Å². The van der Waals surface area contributed by atoms with Crippen molar-refractivity contribution in [3.05, 3.63) is 34.3 Å². The summed E-state index contributed by atoms with van der Waals surface area (Å²) in [5.74, 6) is -0.860. The van der Waals surface area contributed by atoms with Crippen molar-refractivity contribution in [2.75, 3.05) is 19.8 Å². The summed E-state index contributed by atoms with van der Waals surface area (Å²) in [5.41, 5.74) is 0.427. The minimum Gasteiger partial charge on any atom is -0.394 e. The number of aliphatic hydroxyl groups is 2. The van der Waals surface area contributed by atoms with E-state index in [1.807, 2.05) is 0 Å². The van der Waals surface area contributed by atoms with Gasteiger partial charge in [0, 0.05) is 4.47 Å². The van der Waals surface area contributed by atoms with Gasteiger partial charge in [-0.05, 0) is 28.1 Å². The van der Waals surface area contributed by atoms with Crippen LogP contribution in [0.4, 0.5) is 0 Å². The molecule has 0 saturated carbocycles. The second-order valence-electron chi connectivity index (χ2n) is 3.79. The Morgan fingerprint density at radius 3 is 2.42 bits per heavy atom. The molecule has 2 amide bonds. The molecule has 0 heterocycles. The predicted molar refractivity (Wildman–Crippen MR) is 72.6 cm³/mol. The zero-order chi connectivity index (χ0) is 14.3. The summed E-state index contributed by atoms with van der Waals surface area (Å²) in [5, 5.41) is 22.4. The molecule has 1 aromatic rings. The Labute approximate surface area is 118 Å². The lowest BCUT2D eigenvalue weighted by atomic mass is 10.2. The van der Waals surface area contributed by atoms with Gasteiger partial charge in [0.2, 0.25) is 5.91 Å². The Bertz CT molecular complexity index is 449. The number of nitrogens with one attached hydrogen (secondary N) is 2. The van der Waals surface area contributed by atoms with Crippen molar-refractivity contribution >= 4 is 27.7 Å². The van der Waals surface area contributed by atoms with Crippen LogP contribution < -0.4 is 10.6 Å². The van der Waals surface area contributed by atoms with Crippen molar-refractivity contribution in [3.63, 3.8) is 0 Å². The van der Waals surface area contributed by atoms with Gasteiger partial charge < -0.3 is 20.8 Å². The van der Waals surface area contributed by atoms with Crippen molar-refractivity contribution in [2.45, 2.75) is 6.04 Å². The molecule has 4 N–H and O–H groups in total. The fourth-order valence-electron chi connectivity index (χ4n) is 1.33. The first kappa shape index (κ1) is 15.6. The molecule has 0 radical (unpaired) electrons. The van der Waals surface area contributed by atoms with Crippen LogP contribution >= 0.6 is 15.9 Å².